The van der Waals surface area contributed by atoms with Gasteiger partial charge in [0, 0.05) is 18.1 Å². The minimum absolute atomic E-state index is 0.164. The fourth-order valence-electron chi connectivity index (χ4n) is 3.52. The van der Waals surface area contributed by atoms with E-state index in [4.69, 9.17) is 11.6 Å². The molecule has 2 aromatic carbocycles. The van der Waals surface area contributed by atoms with E-state index in [2.05, 4.69) is 6.92 Å². The van der Waals surface area contributed by atoms with E-state index in [9.17, 15) is 13.2 Å². The maximum absolute atomic E-state index is 13.5. The van der Waals surface area contributed by atoms with Gasteiger partial charge in [0.15, 0.2) is 0 Å². The lowest BCUT2D eigenvalue weighted by atomic mass is 9.99. The molecule has 29 heavy (non-hydrogen) atoms. The summed E-state index contributed by atoms with van der Waals surface area (Å²) in [6.45, 7) is 6.97. The average molecular weight is 435 g/mol. The highest BCUT2D eigenvalue weighted by molar-refractivity contribution is 7.92. The molecular weight excluding hydrogens is 408 g/mol. The Morgan fingerprint density at radius 3 is 2.31 bits per heavy atom. The van der Waals surface area contributed by atoms with Gasteiger partial charge in [-0.25, -0.2) is 8.42 Å². The Morgan fingerprint density at radius 1 is 1.10 bits per heavy atom. The molecule has 2 aromatic rings. The first-order chi connectivity index (χ1) is 13.7. The summed E-state index contributed by atoms with van der Waals surface area (Å²) < 4.78 is 28.2. The highest BCUT2D eigenvalue weighted by atomic mass is 35.5. The summed E-state index contributed by atoms with van der Waals surface area (Å²) in [5, 5.41) is 0.523. The van der Waals surface area contributed by atoms with Crippen molar-refractivity contribution in [1.29, 1.82) is 0 Å². The molecule has 0 spiro atoms. The van der Waals surface area contributed by atoms with Gasteiger partial charge in [0.1, 0.15) is 6.54 Å². The van der Waals surface area contributed by atoms with Crippen LogP contribution in [0.1, 0.15) is 30.9 Å². The highest BCUT2D eigenvalue weighted by Gasteiger charge is 2.30. The van der Waals surface area contributed by atoms with Crippen LogP contribution in [-0.2, 0) is 14.8 Å². The number of likely N-dealkylation sites (tertiary alicyclic amines) is 1. The lowest BCUT2D eigenvalue weighted by Crippen LogP contribution is -2.46. The maximum Gasteiger partial charge on any atom is 0.264 e. The van der Waals surface area contributed by atoms with E-state index >= 15 is 0 Å². The number of sulfonamides is 1. The van der Waals surface area contributed by atoms with E-state index in [1.807, 2.05) is 6.92 Å². The first-order valence-electron chi connectivity index (χ1n) is 9.82. The molecule has 1 heterocycles. The molecule has 1 aliphatic rings. The van der Waals surface area contributed by atoms with Crippen LogP contribution in [0.4, 0.5) is 5.69 Å². The molecule has 0 N–H and O–H groups in total. The number of anilines is 1. The SMILES string of the molecule is Cc1ccc(S(=O)(=O)N(CC(=O)N2CCC(C)CC2)c2ccc(Cl)cc2C)cc1. The largest absolute Gasteiger partial charge is 0.341 e. The molecule has 0 aromatic heterocycles. The van der Waals surface area contributed by atoms with Crippen molar-refractivity contribution in [3.63, 3.8) is 0 Å². The Kier molecular flexibility index (Phi) is 6.54. The Labute approximate surface area is 178 Å². The molecule has 0 atom stereocenters. The highest BCUT2D eigenvalue weighted by Crippen LogP contribution is 2.29. The topological polar surface area (TPSA) is 57.7 Å². The van der Waals surface area contributed by atoms with Crippen molar-refractivity contribution in [1.82, 2.24) is 4.90 Å². The van der Waals surface area contributed by atoms with Crippen molar-refractivity contribution in [2.24, 2.45) is 5.92 Å². The van der Waals surface area contributed by atoms with Gasteiger partial charge >= 0.3 is 0 Å². The summed E-state index contributed by atoms with van der Waals surface area (Å²) in [7, 11) is -3.91. The predicted molar refractivity (Wildman–Crippen MR) is 117 cm³/mol. The smallest absolute Gasteiger partial charge is 0.264 e. The van der Waals surface area contributed by atoms with Crippen LogP contribution < -0.4 is 4.31 Å². The number of nitrogens with zero attached hydrogens (tertiary/aromatic N) is 2. The van der Waals surface area contributed by atoms with Crippen LogP contribution >= 0.6 is 11.6 Å². The van der Waals surface area contributed by atoms with E-state index in [0.29, 0.717) is 35.3 Å². The number of carbonyl (C=O) groups is 1. The van der Waals surface area contributed by atoms with Gasteiger partial charge in [0.25, 0.3) is 10.0 Å². The van der Waals surface area contributed by atoms with Crippen LogP contribution in [0.25, 0.3) is 0 Å². The minimum Gasteiger partial charge on any atom is -0.341 e. The number of carbonyl (C=O) groups excluding carboxylic acids is 1. The number of hydrogen-bond acceptors (Lipinski definition) is 3. The Hall–Kier alpha value is -2.05. The number of halogens is 1. The number of aryl methyl sites for hydroxylation is 2. The molecule has 3 rings (SSSR count). The fraction of sp³-hybridized carbons (Fsp3) is 0.409. The third-order valence-corrected chi connectivity index (χ3v) is 7.46. The van der Waals surface area contributed by atoms with Crippen molar-refractivity contribution in [2.75, 3.05) is 23.9 Å². The molecule has 1 saturated heterocycles. The standard InChI is InChI=1S/C22H27ClN2O3S/c1-16-4-7-20(8-5-16)29(27,28)25(21-9-6-19(23)14-18(21)3)15-22(26)24-12-10-17(2)11-13-24/h4-9,14,17H,10-13,15H2,1-3H3. The Morgan fingerprint density at radius 2 is 1.72 bits per heavy atom. The molecule has 5 nitrogen and oxygen atoms in total. The fourth-order valence-corrected chi connectivity index (χ4v) is 5.22. The van der Waals surface area contributed by atoms with Crippen molar-refractivity contribution in [3.8, 4) is 0 Å². The quantitative estimate of drug-likeness (QED) is 0.700. The molecule has 0 saturated carbocycles. The lowest BCUT2D eigenvalue weighted by molar-refractivity contribution is -0.130. The minimum atomic E-state index is -3.91. The second-order valence-electron chi connectivity index (χ2n) is 7.82. The van der Waals surface area contributed by atoms with Gasteiger partial charge in [0.2, 0.25) is 5.91 Å². The monoisotopic (exact) mass is 434 g/mol. The van der Waals surface area contributed by atoms with Crippen LogP contribution in [0.5, 0.6) is 0 Å². The predicted octanol–water partition coefficient (Wildman–Crippen LogP) is 4.41. The molecule has 156 valence electrons. The third-order valence-electron chi connectivity index (χ3n) is 5.45. The first kappa shape index (κ1) is 21.7. The van der Waals surface area contributed by atoms with Crippen LogP contribution in [0.15, 0.2) is 47.4 Å². The van der Waals surface area contributed by atoms with Crippen molar-refractivity contribution in [3.05, 3.63) is 58.6 Å². The second-order valence-corrected chi connectivity index (χ2v) is 10.1. The normalized spacial score (nSPS) is 15.4. The van der Waals surface area contributed by atoms with Crippen LogP contribution in [0.3, 0.4) is 0 Å². The van der Waals surface area contributed by atoms with E-state index in [-0.39, 0.29) is 17.3 Å². The molecule has 0 radical (unpaired) electrons. The van der Waals surface area contributed by atoms with Crippen molar-refractivity contribution >= 4 is 33.2 Å². The summed E-state index contributed by atoms with van der Waals surface area (Å²) in [5.41, 5.74) is 2.14. The zero-order valence-electron chi connectivity index (χ0n) is 17.1. The summed E-state index contributed by atoms with van der Waals surface area (Å²) in [5.74, 6) is 0.409. The summed E-state index contributed by atoms with van der Waals surface area (Å²) in [4.78, 5) is 14.9. The van der Waals surface area contributed by atoms with E-state index in [1.54, 1.807) is 54.3 Å². The molecule has 0 aliphatic carbocycles. The van der Waals surface area contributed by atoms with E-state index in [0.717, 1.165) is 18.4 Å². The van der Waals surface area contributed by atoms with Crippen LogP contribution in [-0.4, -0.2) is 38.9 Å². The Balaban J connectivity index is 1.97. The molecular formula is C22H27ClN2O3S. The molecule has 1 amide bonds. The summed E-state index contributed by atoms with van der Waals surface area (Å²) in [6, 6.07) is 11.7. The van der Waals surface area contributed by atoms with Gasteiger partial charge in [-0.15, -0.1) is 0 Å². The lowest BCUT2D eigenvalue weighted by Gasteiger charge is -2.33. The van der Waals surface area contributed by atoms with Gasteiger partial charge in [0.05, 0.1) is 10.6 Å². The van der Waals surface area contributed by atoms with Gasteiger partial charge in [-0.3, -0.25) is 9.10 Å². The summed E-state index contributed by atoms with van der Waals surface area (Å²) >= 11 is 6.07. The van der Waals surface area contributed by atoms with Gasteiger partial charge in [-0.2, -0.15) is 0 Å². The Bertz CT molecular complexity index is 982. The molecule has 0 unspecified atom stereocenters. The zero-order valence-corrected chi connectivity index (χ0v) is 18.6. The number of piperidine rings is 1. The maximum atomic E-state index is 13.5. The van der Waals surface area contributed by atoms with Gasteiger partial charge in [-0.1, -0.05) is 36.2 Å². The van der Waals surface area contributed by atoms with Crippen molar-refractivity contribution in [2.45, 2.75) is 38.5 Å². The third kappa shape index (κ3) is 4.93. The average Bonchev–Trinajstić information content (AvgIpc) is 2.67. The van der Waals surface area contributed by atoms with Crippen molar-refractivity contribution < 1.29 is 13.2 Å². The van der Waals surface area contributed by atoms with E-state index < -0.39 is 10.0 Å². The molecule has 1 aliphatic heterocycles. The number of hydrogen-bond donors (Lipinski definition) is 0. The van der Waals surface area contributed by atoms with Crippen LogP contribution in [0, 0.1) is 19.8 Å². The number of benzene rings is 2. The number of rotatable bonds is 5. The molecule has 1 fully saturated rings. The molecule has 0 bridgehead atoms. The number of amides is 1. The van der Waals surface area contributed by atoms with E-state index in [1.165, 1.54) is 4.31 Å². The second kappa shape index (κ2) is 8.76. The molecule has 7 heteroatoms. The van der Waals surface area contributed by atoms with Crippen LogP contribution in [0.2, 0.25) is 5.02 Å². The van der Waals surface area contributed by atoms with Gasteiger partial charge in [-0.05, 0) is 68.5 Å². The first-order valence-corrected chi connectivity index (χ1v) is 11.6. The van der Waals surface area contributed by atoms with Gasteiger partial charge < -0.3 is 4.90 Å². The zero-order chi connectivity index (χ0) is 21.2. The summed E-state index contributed by atoms with van der Waals surface area (Å²) in [6.07, 6.45) is 1.88.